The summed E-state index contributed by atoms with van der Waals surface area (Å²) in [5, 5.41) is 12.0. The van der Waals surface area contributed by atoms with Crippen LogP contribution < -0.4 is 16.8 Å². The Hall–Kier alpha value is -3.83. The number of likely N-dealkylation sites (tertiary alicyclic amines) is 1. The molecule has 0 spiro atoms. The van der Waals surface area contributed by atoms with Crippen LogP contribution in [0.15, 0.2) is 55.1 Å². The number of nitrogens with zero attached hydrogens (tertiary/aromatic N) is 6. The monoisotopic (exact) mass is 463 g/mol. The van der Waals surface area contributed by atoms with Crippen molar-refractivity contribution in [3.63, 3.8) is 0 Å². The third-order valence-corrected chi connectivity index (χ3v) is 6.52. The van der Waals surface area contributed by atoms with Crippen molar-refractivity contribution in [2.75, 3.05) is 25.0 Å². The molecule has 0 radical (unpaired) electrons. The number of piperidine rings is 1. The molecule has 1 aliphatic rings. The molecule has 1 amide bonds. The lowest BCUT2D eigenvalue weighted by Gasteiger charge is -2.41. The number of aromatic nitrogens is 5. The normalized spacial score (nSPS) is 16.1. The topological polar surface area (TPSA) is 132 Å². The number of nitrogens with one attached hydrogen (secondary N) is 1. The van der Waals surface area contributed by atoms with Crippen molar-refractivity contribution in [3.8, 4) is 0 Å². The molecular formula is C23H26FN9O. The van der Waals surface area contributed by atoms with Gasteiger partial charge in [-0.3, -0.25) is 14.4 Å². The second kappa shape index (κ2) is 8.84. The highest BCUT2D eigenvalue weighted by molar-refractivity contribution is 5.98. The Bertz CT molecular complexity index is 1320. The maximum Gasteiger partial charge on any atom is 0.254 e. The van der Waals surface area contributed by atoms with Crippen LogP contribution in [0, 0.1) is 5.95 Å². The van der Waals surface area contributed by atoms with E-state index in [4.69, 9.17) is 11.5 Å². The van der Waals surface area contributed by atoms with E-state index in [-0.39, 0.29) is 11.4 Å². The van der Waals surface area contributed by atoms with Gasteiger partial charge < -0.3 is 16.8 Å². The molecular weight excluding hydrogens is 437 g/mol. The molecule has 0 saturated carbocycles. The number of fused-ring (bicyclic) bond motifs is 1. The number of nitrogens with two attached hydrogens (primary N) is 2. The lowest BCUT2D eigenvalue weighted by atomic mass is 9.87. The van der Waals surface area contributed by atoms with Gasteiger partial charge in [-0.15, -0.1) is 0 Å². The summed E-state index contributed by atoms with van der Waals surface area (Å²) in [6.45, 7) is 2.78. The molecule has 0 aliphatic carbocycles. The van der Waals surface area contributed by atoms with Gasteiger partial charge in [0.25, 0.3) is 5.91 Å². The van der Waals surface area contributed by atoms with Crippen LogP contribution in [-0.2, 0) is 12.1 Å². The fourth-order valence-electron chi connectivity index (χ4n) is 4.51. The summed E-state index contributed by atoms with van der Waals surface area (Å²) in [5.74, 6) is -0.997. The second-order valence-corrected chi connectivity index (χ2v) is 8.60. The van der Waals surface area contributed by atoms with Crippen LogP contribution in [0.1, 0.15) is 28.8 Å². The van der Waals surface area contributed by atoms with Gasteiger partial charge in [-0.25, -0.2) is 9.50 Å². The second-order valence-electron chi connectivity index (χ2n) is 8.60. The molecule has 5 N–H and O–H groups in total. The number of pyridine rings is 2. The van der Waals surface area contributed by atoms with Crippen molar-refractivity contribution in [1.29, 1.82) is 0 Å². The predicted octanol–water partition coefficient (Wildman–Crippen LogP) is 1.86. The van der Waals surface area contributed by atoms with Crippen LogP contribution in [0.4, 0.5) is 15.9 Å². The molecule has 5 heterocycles. The van der Waals surface area contributed by atoms with Gasteiger partial charge in [-0.05, 0) is 31.0 Å². The summed E-state index contributed by atoms with van der Waals surface area (Å²) in [7, 11) is 0. The molecule has 11 heteroatoms. The minimum atomic E-state index is -0.637. The zero-order valence-corrected chi connectivity index (χ0v) is 18.6. The molecule has 1 saturated heterocycles. The number of carbonyl (C=O) groups excluding carboxylic acids is 1. The van der Waals surface area contributed by atoms with E-state index in [1.807, 2.05) is 29.0 Å². The highest BCUT2D eigenvalue weighted by atomic mass is 19.1. The van der Waals surface area contributed by atoms with Gasteiger partial charge in [0.1, 0.15) is 5.56 Å². The Kier molecular flexibility index (Phi) is 5.72. The Morgan fingerprint density at radius 2 is 2.06 bits per heavy atom. The number of primary amides is 1. The lowest BCUT2D eigenvalue weighted by Crippen LogP contribution is -2.50. The van der Waals surface area contributed by atoms with E-state index >= 15 is 0 Å². The maximum atomic E-state index is 13.5. The largest absolute Gasteiger partial charge is 0.365 e. The number of hydrogen-bond acceptors (Lipinski definition) is 7. The van der Waals surface area contributed by atoms with E-state index in [0.29, 0.717) is 12.2 Å². The quantitative estimate of drug-likeness (QED) is 0.356. The summed E-state index contributed by atoms with van der Waals surface area (Å²) in [5.41, 5.74) is 14.3. The number of amides is 1. The highest BCUT2D eigenvalue weighted by Gasteiger charge is 2.37. The van der Waals surface area contributed by atoms with Crippen molar-refractivity contribution in [2.45, 2.75) is 24.9 Å². The Morgan fingerprint density at radius 3 is 2.79 bits per heavy atom. The van der Waals surface area contributed by atoms with Crippen molar-refractivity contribution in [3.05, 3.63) is 72.2 Å². The standard InChI is InChI=1S/C23H26FN9O/c24-20-11-17(4-7-27-20)29-22-18(21(26)34)14-33(30-22)23(15-25)5-9-31(10-6-23)13-16-12-28-32-8-2-1-3-19(16)32/h1-4,7-8,11-12,14H,5-6,9-10,13,15,25H2,(H2,26,34)(H,27,29,30). The number of halogens is 1. The minimum Gasteiger partial charge on any atom is -0.365 e. The van der Waals surface area contributed by atoms with Gasteiger partial charge in [0.2, 0.25) is 5.95 Å². The molecule has 0 atom stereocenters. The van der Waals surface area contributed by atoms with Gasteiger partial charge >= 0.3 is 0 Å². The lowest BCUT2D eigenvalue weighted by molar-refractivity contribution is 0.0985. The number of anilines is 2. The summed E-state index contributed by atoms with van der Waals surface area (Å²) in [6.07, 6.45) is 8.33. The molecule has 4 aromatic heterocycles. The van der Waals surface area contributed by atoms with E-state index in [0.717, 1.165) is 38.0 Å². The average molecular weight is 464 g/mol. The first-order chi connectivity index (χ1) is 16.5. The molecule has 1 aliphatic heterocycles. The fourth-order valence-corrected chi connectivity index (χ4v) is 4.51. The molecule has 5 rings (SSSR count). The van der Waals surface area contributed by atoms with Crippen molar-refractivity contribution in [1.82, 2.24) is 29.3 Å². The third-order valence-electron chi connectivity index (χ3n) is 6.52. The highest BCUT2D eigenvalue weighted by Crippen LogP contribution is 2.32. The van der Waals surface area contributed by atoms with Crippen LogP contribution in [0.2, 0.25) is 0 Å². The molecule has 0 bridgehead atoms. The van der Waals surface area contributed by atoms with Crippen molar-refractivity contribution < 1.29 is 9.18 Å². The number of carbonyl (C=O) groups is 1. The summed E-state index contributed by atoms with van der Waals surface area (Å²) < 4.78 is 17.1. The zero-order valence-electron chi connectivity index (χ0n) is 18.6. The summed E-state index contributed by atoms with van der Waals surface area (Å²) in [4.78, 5) is 18.0. The van der Waals surface area contributed by atoms with Gasteiger partial charge in [0.05, 0.1) is 17.3 Å². The molecule has 0 aromatic carbocycles. The van der Waals surface area contributed by atoms with Crippen LogP contribution in [0.25, 0.3) is 5.52 Å². The van der Waals surface area contributed by atoms with Crippen LogP contribution >= 0.6 is 0 Å². The molecule has 10 nitrogen and oxygen atoms in total. The minimum absolute atomic E-state index is 0.221. The molecule has 1 fully saturated rings. The molecule has 34 heavy (non-hydrogen) atoms. The third kappa shape index (κ3) is 4.11. The predicted molar refractivity (Wildman–Crippen MR) is 125 cm³/mol. The first-order valence-corrected chi connectivity index (χ1v) is 11.1. The van der Waals surface area contributed by atoms with Crippen LogP contribution in [-0.4, -0.2) is 54.8 Å². The van der Waals surface area contributed by atoms with Gasteiger partial charge in [-0.2, -0.15) is 14.6 Å². The summed E-state index contributed by atoms with van der Waals surface area (Å²) >= 11 is 0. The Balaban J connectivity index is 1.35. The van der Waals surface area contributed by atoms with Gasteiger partial charge in [-0.1, -0.05) is 6.07 Å². The van der Waals surface area contributed by atoms with Crippen molar-refractivity contribution in [2.24, 2.45) is 11.5 Å². The fraction of sp³-hybridized carbons (Fsp3) is 0.304. The van der Waals surface area contributed by atoms with E-state index in [1.54, 1.807) is 16.9 Å². The summed E-state index contributed by atoms with van der Waals surface area (Å²) in [6, 6.07) is 8.84. The van der Waals surface area contributed by atoms with E-state index < -0.39 is 17.4 Å². The maximum absolute atomic E-state index is 13.5. The Labute approximate surface area is 195 Å². The Morgan fingerprint density at radius 1 is 1.24 bits per heavy atom. The first kappa shape index (κ1) is 22.0. The number of hydrogen-bond donors (Lipinski definition) is 3. The number of rotatable bonds is 7. The van der Waals surface area contributed by atoms with Crippen molar-refractivity contribution >= 4 is 22.9 Å². The van der Waals surface area contributed by atoms with Gasteiger partial charge in [0.15, 0.2) is 5.82 Å². The van der Waals surface area contributed by atoms with E-state index in [9.17, 15) is 9.18 Å². The van der Waals surface area contributed by atoms with E-state index in [1.165, 1.54) is 17.8 Å². The van der Waals surface area contributed by atoms with Crippen LogP contribution in [0.5, 0.6) is 0 Å². The molecule has 176 valence electrons. The van der Waals surface area contributed by atoms with Gasteiger partial charge in [0, 0.05) is 62.1 Å². The SMILES string of the molecule is NCC1(n2cc(C(N)=O)c(Nc3ccnc(F)c3)n2)CCN(Cc2cnn3ccccc23)CC1. The van der Waals surface area contributed by atoms with Crippen LogP contribution in [0.3, 0.4) is 0 Å². The first-order valence-electron chi connectivity index (χ1n) is 11.1. The van der Waals surface area contributed by atoms with E-state index in [2.05, 4.69) is 31.5 Å². The zero-order chi connectivity index (χ0) is 23.7. The molecule has 0 unspecified atom stereocenters. The average Bonchev–Trinajstić information content (AvgIpc) is 3.45. The molecule has 4 aromatic rings. The smallest absolute Gasteiger partial charge is 0.254 e.